The lowest BCUT2D eigenvalue weighted by molar-refractivity contribution is -0.124. The van der Waals surface area contributed by atoms with Gasteiger partial charge in [-0.05, 0) is 37.2 Å². The van der Waals surface area contributed by atoms with E-state index < -0.39 is 0 Å². The van der Waals surface area contributed by atoms with Gasteiger partial charge in [0.25, 0.3) is 0 Å². The van der Waals surface area contributed by atoms with Crippen LogP contribution in [0.1, 0.15) is 57.4 Å². The van der Waals surface area contributed by atoms with E-state index in [4.69, 9.17) is 0 Å². The molecule has 0 saturated carbocycles. The molecule has 2 bridgehead atoms. The number of hydrogen-bond acceptors (Lipinski definition) is 2. The van der Waals surface area contributed by atoms with Gasteiger partial charge >= 0.3 is 0 Å². The summed E-state index contributed by atoms with van der Waals surface area (Å²) in [6.45, 7) is 4.35. The molecular formula is C19H28N2O. The Bertz CT molecular complexity index is 489. The quantitative estimate of drug-likeness (QED) is 0.876. The van der Waals surface area contributed by atoms with Crippen LogP contribution in [0.25, 0.3) is 0 Å². The van der Waals surface area contributed by atoms with Crippen LogP contribution in [0.5, 0.6) is 0 Å². The first-order valence-corrected chi connectivity index (χ1v) is 8.78. The Morgan fingerprint density at radius 3 is 2.45 bits per heavy atom. The second kappa shape index (κ2) is 6.82. The largest absolute Gasteiger partial charge is 0.353 e. The van der Waals surface area contributed by atoms with E-state index in [9.17, 15) is 4.79 Å². The molecule has 4 atom stereocenters. The van der Waals surface area contributed by atoms with E-state index in [1.807, 2.05) is 18.2 Å². The number of rotatable bonds is 5. The number of amides is 1. The molecule has 2 heterocycles. The second-order valence-corrected chi connectivity index (χ2v) is 7.09. The summed E-state index contributed by atoms with van der Waals surface area (Å²) in [6, 6.07) is 11.8. The van der Waals surface area contributed by atoms with Crippen LogP contribution in [0, 0.1) is 5.92 Å². The molecule has 22 heavy (non-hydrogen) atoms. The molecule has 1 aromatic carbocycles. The third kappa shape index (κ3) is 3.35. The van der Waals surface area contributed by atoms with Crippen molar-refractivity contribution >= 4 is 5.91 Å². The SMILES string of the molecule is CCC(C)C(C(=O)NC1CC2CCC(C1)N2)c1ccccc1. The molecule has 3 rings (SSSR count). The Balaban J connectivity index is 1.69. The van der Waals surface area contributed by atoms with E-state index >= 15 is 0 Å². The zero-order valence-electron chi connectivity index (χ0n) is 13.7. The monoisotopic (exact) mass is 300 g/mol. The molecule has 0 aliphatic carbocycles. The normalized spacial score (nSPS) is 29.8. The zero-order chi connectivity index (χ0) is 15.5. The maximum absolute atomic E-state index is 12.9. The van der Waals surface area contributed by atoms with Crippen molar-refractivity contribution in [1.29, 1.82) is 0 Å². The Morgan fingerprint density at radius 2 is 1.86 bits per heavy atom. The van der Waals surface area contributed by atoms with Crippen molar-refractivity contribution in [1.82, 2.24) is 10.6 Å². The van der Waals surface area contributed by atoms with Crippen molar-refractivity contribution in [3.8, 4) is 0 Å². The van der Waals surface area contributed by atoms with E-state index in [0.717, 1.165) is 24.8 Å². The van der Waals surface area contributed by atoms with Crippen molar-refractivity contribution in [3.05, 3.63) is 35.9 Å². The minimum atomic E-state index is -0.0289. The van der Waals surface area contributed by atoms with Crippen molar-refractivity contribution in [3.63, 3.8) is 0 Å². The molecule has 2 N–H and O–H groups in total. The predicted molar refractivity (Wildman–Crippen MR) is 89.7 cm³/mol. The Hall–Kier alpha value is -1.35. The van der Waals surface area contributed by atoms with Gasteiger partial charge in [-0.15, -0.1) is 0 Å². The molecule has 3 heteroatoms. The molecule has 2 aliphatic heterocycles. The van der Waals surface area contributed by atoms with Crippen molar-refractivity contribution in [2.24, 2.45) is 5.92 Å². The molecule has 0 aromatic heterocycles. The summed E-state index contributed by atoms with van der Waals surface area (Å²) in [5, 5.41) is 6.99. The molecular weight excluding hydrogens is 272 g/mol. The Labute approximate surface area is 133 Å². The fraction of sp³-hybridized carbons (Fsp3) is 0.632. The van der Waals surface area contributed by atoms with Gasteiger partial charge in [0.05, 0.1) is 5.92 Å². The smallest absolute Gasteiger partial charge is 0.228 e. The summed E-state index contributed by atoms with van der Waals surface area (Å²) in [5.74, 6) is 0.548. The van der Waals surface area contributed by atoms with Crippen LogP contribution < -0.4 is 10.6 Å². The van der Waals surface area contributed by atoms with E-state index in [1.165, 1.54) is 12.8 Å². The van der Waals surface area contributed by atoms with Crippen LogP contribution in [0.4, 0.5) is 0 Å². The van der Waals surface area contributed by atoms with Gasteiger partial charge in [0.1, 0.15) is 0 Å². The summed E-state index contributed by atoms with van der Waals surface area (Å²) < 4.78 is 0. The highest BCUT2D eigenvalue weighted by Crippen LogP contribution is 2.30. The topological polar surface area (TPSA) is 41.1 Å². The number of carbonyl (C=O) groups is 1. The number of fused-ring (bicyclic) bond motifs is 2. The van der Waals surface area contributed by atoms with Crippen LogP contribution in [0.3, 0.4) is 0 Å². The van der Waals surface area contributed by atoms with Crippen molar-refractivity contribution in [2.75, 3.05) is 0 Å². The van der Waals surface area contributed by atoms with Crippen LogP contribution in [-0.2, 0) is 4.79 Å². The van der Waals surface area contributed by atoms with Crippen LogP contribution in [0.15, 0.2) is 30.3 Å². The summed E-state index contributed by atoms with van der Waals surface area (Å²) in [7, 11) is 0. The molecule has 1 aromatic rings. The summed E-state index contributed by atoms with van der Waals surface area (Å²) in [5.41, 5.74) is 1.14. The van der Waals surface area contributed by atoms with E-state index in [-0.39, 0.29) is 11.8 Å². The summed E-state index contributed by atoms with van der Waals surface area (Å²) >= 11 is 0. The summed E-state index contributed by atoms with van der Waals surface area (Å²) in [4.78, 5) is 12.9. The first kappa shape index (κ1) is 15.5. The number of carbonyl (C=O) groups excluding carboxylic acids is 1. The highest BCUT2D eigenvalue weighted by molar-refractivity contribution is 5.84. The molecule has 1 amide bonds. The molecule has 3 nitrogen and oxygen atoms in total. The van der Waals surface area contributed by atoms with Gasteiger partial charge in [0, 0.05) is 18.1 Å². The van der Waals surface area contributed by atoms with Crippen molar-refractivity contribution < 1.29 is 4.79 Å². The molecule has 2 aliphatic rings. The van der Waals surface area contributed by atoms with Gasteiger partial charge in [-0.2, -0.15) is 0 Å². The van der Waals surface area contributed by atoms with Gasteiger partial charge in [-0.3, -0.25) is 4.79 Å². The lowest BCUT2D eigenvalue weighted by Gasteiger charge is -2.32. The first-order valence-electron chi connectivity index (χ1n) is 8.78. The number of hydrogen-bond donors (Lipinski definition) is 2. The molecule has 4 unspecified atom stereocenters. The predicted octanol–water partition coefficient (Wildman–Crippen LogP) is 3.22. The molecule has 2 saturated heterocycles. The minimum absolute atomic E-state index is 0.0289. The lowest BCUT2D eigenvalue weighted by Crippen LogP contribution is -2.49. The van der Waals surface area contributed by atoms with E-state index in [2.05, 4.69) is 36.6 Å². The maximum atomic E-state index is 12.9. The number of piperidine rings is 1. The average Bonchev–Trinajstić information content (AvgIpc) is 2.87. The summed E-state index contributed by atoms with van der Waals surface area (Å²) in [6.07, 6.45) is 5.73. The van der Waals surface area contributed by atoms with Gasteiger partial charge in [0.2, 0.25) is 5.91 Å². The molecule has 0 spiro atoms. The Morgan fingerprint density at radius 1 is 1.23 bits per heavy atom. The molecule has 0 radical (unpaired) electrons. The van der Waals surface area contributed by atoms with Crippen molar-refractivity contribution in [2.45, 2.75) is 70.0 Å². The van der Waals surface area contributed by atoms with Gasteiger partial charge in [-0.25, -0.2) is 0 Å². The van der Waals surface area contributed by atoms with Crippen LogP contribution >= 0.6 is 0 Å². The maximum Gasteiger partial charge on any atom is 0.228 e. The van der Waals surface area contributed by atoms with Gasteiger partial charge in [0.15, 0.2) is 0 Å². The third-order valence-corrected chi connectivity index (χ3v) is 5.47. The van der Waals surface area contributed by atoms with Crippen LogP contribution in [-0.4, -0.2) is 24.0 Å². The average molecular weight is 300 g/mol. The first-order chi connectivity index (χ1) is 10.7. The van der Waals surface area contributed by atoms with Gasteiger partial charge in [-0.1, -0.05) is 50.6 Å². The Kier molecular flexibility index (Phi) is 4.82. The highest BCUT2D eigenvalue weighted by Gasteiger charge is 2.35. The van der Waals surface area contributed by atoms with E-state index in [1.54, 1.807) is 0 Å². The second-order valence-electron chi connectivity index (χ2n) is 7.09. The molecule has 120 valence electrons. The standard InChI is InChI=1S/C19H28N2O/c1-3-13(2)18(14-7-5-4-6-8-14)19(22)21-17-11-15-9-10-16(12-17)20-15/h4-8,13,15-18,20H,3,9-12H2,1-2H3,(H,21,22). The van der Waals surface area contributed by atoms with E-state index in [0.29, 0.717) is 24.0 Å². The molecule has 2 fully saturated rings. The fourth-order valence-electron chi connectivity index (χ4n) is 4.10. The highest BCUT2D eigenvalue weighted by atomic mass is 16.2. The zero-order valence-corrected chi connectivity index (χ0v) is 13.7. The minimum Gasteiger partial charge on any atom is -0.353 e. The fourth-order valence-corrected chi connectivity index (χ4v) is 4.10. The number of benzene rings is 1. The number of nitrogens with one attached hydrogen (secondary N) is 2. The van der Waals surface area contributed by atoms with Gasteiger partial charge < -0.3 is 10.6 Å². The third-order valence-electron chi connectivity index (χ3n) is 5.47. The lowest BCUT2D eigenvalue weighted by atomic mass is 9.84. The van der Waals surface area contributed by atoms with Crippen LogP contribution in [0.2, 0.25) is 0 Å².